The lowest BCUT2D eigenvalue weighted by molar-refractivity contribution is 0.102. The number of rotatable bonds is 8. The summed E-state index contributed by atoms with van der Waals surface area (Å²) >= 11 is 0. The van der Waals surface area contributed by atoms with Gasteiger partial charge in [-0.05, 0) is 67.4 Å². The Hall–Kier alpha value is -4.50. The third-order valence-electron chi connectivity index (χ3n) is 6.86. The van der Waals surface area contributed by atoms with Gasteiger partial charge in [0.05, 0.1) is 12.7 Å². The molecule has 9 heteroatoms. The first-order chi connectivity index (χ1) is 18.9. The van der Waals surface area contributed by atoms with Crippen LogP contribution in [0.5, 0.6) is 5.75 Å². The second-order valence-corrected chi connectivity index (χ2v) is 9.61. The third-order valence-corrected chi connectivity index (χ3v) is 6.86. The number of carbonyl (C=O) groups excluding carboxylic acids is 1. The summed E-state index contributed by atoms with van der Waals surface area (Å²) in [4.78, 5) is 33.1. The van der Waals surface area contributed by atoms with E-state index in [1.807, 2.05) is 16.7 Å². The van der Waals surface area contributed by atoms with E-state index in [4.69, 9.17) is 10.5 Å². The van der Waals surface area contributed by atoms with Crippen LogP contribution in [0.3, 0.4) is 0 Å². The number of ether oxygens (including phenoxy) is 1. The summed E-state index contributed by atoms with van der Waals surface area (Å²) in [5, 5.41) is 2.85. The monoisotopic (exact) mass is 527 g/mol. The van der Waals surface area contributed by atoms with Crippen LogP contribution in [0.2, 0.25) is 0 Å². The number of likely N-dealkylation sites (tertiary alicyclic amines) is 1. The fraction of sp³-hybridized carbons (Fsp3) is 0.233. The Balaban J connectivity index is 1.42. The number of nitrogens with one attached hydrogen (secondary N) is 1. The van der Waals surface area contributed by atoms with Crippen LogP contribution < -0.4 is 21.2 Å². The van der Waals surface area contributed by atoms with Crippen molar-refractivity contribution in [1.29, 1.82) is 0 Å². The van der Waals surface area contributed by atoms with Crippen molar-refractivity contribution in [1.82, 2.24) is 14.5 Å². The van der Waals surface area contributed by atoms with Crippen LogP contribution in [-0.4, -0.2) is 40.6 Å². The van der Waals surface area contributed by atoms with Crippen LogP contribution in [0.25, 0.3) is 11.1 Å². The van der Waals surface area contributed by atoms with Gasteiger partial charge in [-0.15, -0.1) is 0 Å². The highest BCUT2D eigenvalue weighted by atomic mass is 19.1. The molecule has 0 spiro atoms. The largest absolute Gasteiger partial charge is 0.496 e. The van der Waals surface area contributed by atoms with Gasteiger partial charge in [-0.2, -0.15) is 0 Å². The van der Waals surface area contributed by atoms with Crippen molar-refractivity contribution in [2.45, 2.75) is 25.9 Å². The lowest BCUT2D eigenvalue weighted by atomic mass is 10.0. The molecule has 0 bridgehead atoms. The van der Waals surface area contributed by atoms with Crippen molar-refractivity contribution in [3.63, 3.8) is 0 Å². The average Bonchev–Trinajstić information content (AvgIpc) is 3.45. The van der Waals surface area contributed by atoms with Gasteiger partial charge in [-0.1, -0.05) is 24.3 Å². The number of hydrogen-bond donors (Lipinski definition) is 2. The number of hydrogen-bond acceptors (Lipinski definition) is 6. The minimum absolute atomic E-state index is 0.0519. The number of halogens is 1. The summed E-state index contributed by atoms with van der Waals surface area (Å²) in [6, 6.07) is 15.0. The maximum Gasteiger partial charge on any atom is 0.261 e. The molecular weight excluding hydrogens is 497 g/mol. The van der Waals surface area contributed by atoms with Crippen molar-refractivity contribution in [3.8, 4) is 16.9 Å². The Morgan fingerprint density at radius 3 is 2.44 bits per heavy atom. The Labute approximate surface area is 225 Å². The van der Waals surface area contributed by atoms with Crippen molar-refractivity contribution in [2.75, 3.05) is 31.2 Å². The lowest BCUT2D eigenvalue weighted by Crippen LogP contribution is -2.29. The zero-order valence-electron chi connectivity index (χ0n) is 21.7. The first kappa shape index (κ1) is 26.1. The number of methoxy groups -OCH3 is 1. The molecule has 0 aliphatic carbocycles. The molecule has 2 aromatic heterocycles. The molecule has 5 rings (SSSR count). The highest BCUT2D eigenvalue weighted by Crippen LogP contribution is 2.34. The molecule has 1 aliphatic heterocycles. The summed E-state index contributed by atoms with van der Waals surface area (Å²) in [5.74, 6) is 0.116. The predicted octanol–water partition coefficient (Wildman–Crippen LogP) is 4.54. The molecule has 1 amide bonds. The van der Waals surface area contributed by atoms with E-state index in [9.17, 15) is 14.0 Å². The van der Waals surface area contributed by atoms with Crippen molar-refractivity contribution < 1.29 is 13.9 Å². The molecule has 1 aliphatic rings. The second kappa shape index (κ2) is 11.5. The van der Waals surface area contributed by atoms with E-state index in [-0.39, 0.29) is 16.8 Å². The highest BCUT2D eigenvalue weighted by molar-refractivity contribution is 6.04. The lowest BCUT2D eigenvalue weighted by Gasteiger charge is -2.17. The van der Waals surface area contributed by atoms with Gasteiger partial charge in [0, 0.05) is 42.9 Å². The van der Waals surface area contributed by atoms with Gasteiger partial charge < -0.3 is 20.4 Å². The molecule has 4 aromatic rings. The molecular formula is C30H30FN5O3. The van der Waals surface area contributed by atoms with Gasteiger partial charge in [-0.25, -0.2) is 9.37 Å². The zero-order valence-corrected chi connectivity index (χ0v) is 21.7. The normalized spacial score (nSPS) is 13.4. The van der Waals surface area contributed by atoms with Gasteiger partial charge in [0.25, 0.3) is 5.91 Å². The quantitative estimate of drug-likeness (QED) is 0.349. The van der Waals surface area contributed by atoms with Crippen LogP contribution >= 0.6 is 0 Å². The molecule has 0 saturated carbocycles. The number of nitrogen functional groups attached to an aromatic ring is 1. The van der Waals surface area contributed by atoms with Crippen LogP contribution in [0.15, 0.2) is 78.0 Å². The molecule has 3 heterocycles. The van der Waals surface area contributed by atoms with Crippen molar-refractivity contribution >= 4 is 17.4 Å². The van der Waals surface area contributed by atoms with E-state index in [0.717, 1.165) is 37.1 Å². The molecule has 1 fully saturated rings. The molecule has 200 valence electrons. The van der Waals surface area contributed by atoms with Crippen molar-refractivity contribution in [2.24, 2.45) is 0 Å². The summed E-state index contributed by atoms with van der Waals surface area (Å²) in [5.41, 5.74) is 9.22. The van der Waals surface area contributed by atoms with E-state index in [1.165, 1.54) is 12.1 Å². The first-order valence-electron chi connectivity index (χ1n) is 12.8. The molecule has 3 N–H and O–H groups in total. The minimum Gasteiger partial charge on any atom is -0.496 e. The molecule has 0 unspecified atom stereocenters. The summed E-state index contributed by atoms with van der Waals surface area (Å²) in [7, 11) is 1.56. The van der Waals surface area contributed by atoms with Gasteiger partial charge >= 0.3 is 0 Å². The van der Waals surface area contributed by atoms with Gasteiger partial charge in [-0.3, -0.25) is 14.5 Å². The molecule has 8 nitrogen and oxygen atoms in total. The molecule has 39 heavy (non-hydrogen) atoms. The molecule has 2 aromatic carbocycles. The smallest absolute Gasteiger partial charge is 0.261 e. The minimum atomic E-state index is -0.498. The fourth-order valence-electron chi connectivity index (χ4n) is 4.88. The zero-order chi connectivity index (χ0) is 27.4. The van der Waals surface area contributed by atoms with Crippen LogP contribution in [0.4, 0.5) is 15.9 Å². The van der Waals surface area contributed by atoms with Gasteiger partial charge in [0.2, 0.25) is 0 Å². The van der Waals surface area contributed by atoms with E-state index in [0.29, 0.717) is 41.5 Å². The first-order valence-corrected chi connectivity index (χ1v) is 12.8. The summed E-state index contributed by atoms with van der Waals surface area (Å²) in [6.45, 7) is 2.72. The van der Waals surface area contributed by atoms with Gasteiger partial charge in [0.15, 0.2) is 5.43 Å². The average molecular weight is 528 g/mol. The summed E-state index contributed by atoms with van der Waals surface area (Å²) < 4.78 is 20.6. The number of amides is 1. The third kappa shape index (κ3) is 5.99. The number of pyridine rings is 2. The Morgan fingerprint density at radius 1 is 1.03 bits per heavy atom. The Kier molecular flexibility index (Phi) is 7.69. The fourth-order valence-corrected chi connectivity index (χ4v) is 4.88. The van der Waals surface area contributed by atoms with Gasteiger partial charge in [0.1, 0.15) is 22.9 Å². The number of carbonyl (C=O) groups is 1. The number of benzene rings is 2. The number of nitrogens with zero attached hydrogens (tertiary/aromatic N) is 3. The van der Waals surface area contributed by atoms with Crippen LogP contribution in [-0.2, 0) is 13.1 Å². The number of anilines is 2. The SMILES string of the molecule is COc1ccnc(N)c1-c1ccc(NC(=O)c2cn(Cc3ccc(F)cc3)cc(CN3CCCC3)c2=O)cc1. The highest BCUT2D eigenvalue weighted by Gasteiger charge is 2.19. The maximum atomic E-state index is 13.4. The number of aromatic nitrogens is 2. The molecule has 0 atom stereocenters. The van der Waals surface area contributed by atoms with E-state index < -0.39 is 5.91 Å². The van der Waals surface area contributed by atoms with E-state index in [2.05, 4.69) is 15.2 Å². The standard InChI is InChI=1S/C30H30FN5O3/c1-39-26-12-13-33-29(32)27(26)21-6-10-24(11-7-21)34-30(38)25-19-36(16-20-4-8-23(31)9-5-20)18-22(28(25)37)17-35-14-2-3-15-35/h4-13,18-19H,2-3,14-17H2,1H3,(H2,32,33)(H,34,38). The molecule has 1 saturated heterocycles. The van der Waals surface area contributed by atoms with E-state index in [1.54, 1.807) is 56.0 Å². The maximum absolute atomic E-state index is 13.4. The second-order valence-electron chi connectivity index (χ2n) is 9.61. The number of nitrogens with two attached hydrogens (primary N) is 1. The van der Waals surface area contributed by atoms with Crippen molar-refractivity contribution in [3.05, 3.63) is 106 Å². The van der Waals surface area contributed by atoms with Crippen LogP contribution in [0.1, 0.15) is 34.3 Å². The Bertz CT molecular complexity index is 1530. The topological polar surface area (TPSA) is 102 Å². The Morgan fingerprint density at radius 2 is 1.74 bits per heavy atom. The predicted molar refractivity (Wildman–Crippen MR) is 149 cm³/mol. The van der Waals surface area contributed by atoms with E-state index >= 15 is 0 Å². The molecule has 0 radical (unpaired) electrons. The summed E-state index contributed by atoms with van der Waals surface area (Å²) in [6.07, 6.45) is 7.12. The van der Waals surface area contributed by atoms with Crippen LogP contribution in [0, 0.1) is 5.82 Å².